The SMILES string of the molecule is CNC(=O)[C@@H](C)Sc1nnnn1-c1cccc(C)c1. The Bertz CT molecular complexity index is 583. The molecule has 0 saturated heterocycles. The quantitative estimate of drug-likeness (QED) is 0.850. The van der Waals surface area contributed by atoms with E-state index in [-0.39, 0.29) is 11.2 Å². The molecule has 7 heteroatoms. The fourth-order valence-corrected chi connectivity index (χ4v) is 2.46. The summed E-state index contributed by atoms with van der Waals surface area (Å²) in [6, 6.07) is 7.87. The van der Waals surface area contributed by atoms with Crippen LogP contribution in [-0.4, -0.2) is 38.4 Å². The summed E-state index contributed by atoms with van der Waals surface area (Å²) in [5.41, 5.74) is 2.01. The van der Waals surface area contributed by atoms with Gasteiger partial charge in [0.15, 0.2) is 0 Å². The predicted octanol–water partition coefficient (Wildman–Crippen LogP) is 1.20. The second-order valence-electron chi connectivity index (χ2n) is 4.09. The molecule has 0 radical (unpaired) electrons. The molecule has 1 N–H and O–H groups in total. The van der Waals surface area contributed by atoms with Crippen LogP contribution in [0.3, 0.4) is 0 Å². The minimum absolute atomic E-state index is 0.0520. The Labute approximate surface area is 115 Å². The van der Waals surface area contributed by atoms with Crippen LogP contribution >= 0.6 is 11.8 Å². The van der Waals surface area contributed by atoms with Gasteiger partial charge in [0.1, 0.15) is 0 Å². The van der Waals surface area contributed by atoms with Crippen LogP contribution < -0.4 is 5.32 Å². The number of hydrogen-bond donors (Lipinski definition) is 1. The minimum Gasteiger partial charge on any atom is -0.358 e. The van der Waals surface area contributed by atoms with E-state index in [0.717, 1.165) is 11.3 Å². The number of carbonyl (C=O) groups is 1. The van der Waals surface area contributed by atoms with E-state index in [4.69, 9.17) is 0 Å². The van der Waals surface area contributed by atoms with Gasteiger partial charge in [-0.3, -0.25) is 4.79 Å². The fourth-order valence-electron chi connectivity index (χ4n) is 1.59. The molecular formula is C12H15N5OS. The average molecular weight is 277 g/mol. The zero-order chi connectivity index (χ0) is 13.8. The van der Waals surface area contributed by atoms with Gasteiger partial charge < -0.3 is 5.32 Å². The molecule has 0 fully saturated rings. The Balaban J connectivity index is 2.25. The van der Waals surface area contributed by atoms with E-state index in [1.165, 1.54) is 11.8 Å². The van der Waals surface area contributed by atoms with E-state index in [1.807, 2.05) is 38.1 Å². The van der Waals surface area contributed by atoms with Gasteiger partial charge in [0.25, 0.3) is 0 Å². The van der Waals surface area contributed by atoms with Gasteiger partial charge in [0, 0.05) is 7.05 Å². The van der Waals surface area contributed by atoms with Crippen LogP contribution in [0.5, 0.6) is 0 Å². The molecule has 0 aliphatic carbocycles. The Kier molecular flexibility index (Phi) is 4.16. The van der Waals surface area contributed by atoms with Gasteiger partial charge in [-0.2, -0.15) is 4.68 Å². The molecule has 0 spiro atoms. The summed E-state index contributed by atoms with van der Waals surface area (Å²) in [4.78, 5) is 11.5. The summed E-state index contributed by atoms with van der Waals surface area (Å²) in [5, 5.41) is 14.6. The Morgan fingerprint density at radius 3 is 2.95 bits per heavy atom. The standard InChI is InChI=1S/C12H15N5OS/c1-8-5-4-6-10(7-8)17-12(14-15-16-17)19-9(2)11(18)13-3/h4-7,9H,1-3H3,(H,13,18)/t9-/m1/s1. The summed E-state index contributed by atoms with van der Waals surface area (Å²) in [6.45, 7) is 3.83. The van der Waals surface area contributed by atoms with Gasteiger partial charge in [-0.05, 0) is 42.0 Å². The van der Waals surface area contributed by atoms with Crippen molar-refractivity contribution in [2.45, 2.75) is 24.3 Å². The van der Waals surface area contributed by atoms with Crippen molar-refractivity contribution in [1.29, 1.82) is 0 Å². The second kappa shape index (κ2) is 5.83. The van der Waals surface area contributed by atoms with Crippen LogP contribution in [0.2, 0.25) is 0 Å². The molecule has 0 bridgehead atoms. The first-order chi connectivity index (χ1) is 9.11. The first-order valence-electron chi connectivity index (χ1n) is 5.85. The number of amides is 1. The number of benzene rings is 1. The first-order valence-corrected chi connectivity index (χ1v) is 6.73. The summed E-state index contributed by atoms with van der Waals surface area (Å²) in [6.07, 6.45) is 0. The van der Waals surface area contributed by atoms with E-state index >= 15 is 0 Å². The molecule has 1 aromatic carbocycles. The Morgan fingerprint density at radius 1 is 1.47 bits per heavy atom. The largest absolute Gasteiger partial charge is 0.358 e. The van der Waals surface area contributed by atoms with Crippen molar-refractivity contribution in [2.75, 3.05) is 7.05 Å². The highest BCUT2D eigenvalue weighted by atomic mass is 32.2. The molecule has 100 valence electrons. The molecule has 1 atom stereocenters. The molecular weight excluding hydrogens is 262 g/mol. The van der Waals surface area contributed by atoms with Gasteiger partial charge in [-0.15, -0.1) is 5.10 Å². The van der Waals surface area contributed by atoms with Crippen LogP contribution in [0.4, 0.5) is 0 Å². The average Bonchev–Trinajstić information content (AvgIpc) is 2.85. The lowest BCUT2D eigenvalue weighted by atomic mass is 10.2. The maximum Gasteiger partial charge on any atom is 0.233 e. The monoisotopic (exact) mass is 277 g/mol. The molecule has 6 nitrogen and oxygen atoms in total. The molecule has 1 amide bonds. The third kappa shape index (κ3) is 3.11. The van der Waals surface area contributed by atoms with Gasteiger partial charge in [-0.25, -0.2) is 0 Å². The van der Waals surface area contributed by atoms with Crippen LogP contribution in [0.25, 0.3) is 5.69 Å². The smallest absolute Gasteiger partial charge is 0.233 e. The van der Waals surface area contributed by atoms with Crippen LogP contribution in [0, 0.1) is 6.92 Å². The van der Waals surface area contributed by atoms with Crippen molar-refractivity contribution >= 4 is 17.7 Å². The first kappa shape index (κ1) is 13.5. The lowest BCUT2D eigenvalue weighted by Crippen LogP contribution is -2.27. The number of carbonyl (C=O) groups excluding carboxylic acids is 1. The van der Waals surface area contributed by atoms with Crippen molar-refractivity contribution in [3.8, 4) is 5.69 Å². The zero-order valence-corrected chi connectivity index (χ0v) is 11.8. The Morgan fingerprint density at radius 2 is 2.26 bits per heavy atom. The van der Waals surface area contributed by atoms with Gasteiger partial charge in [0.05, 0.1) is 10.9 Å². The third-order valence-corrected chi connectivity index (χ3v) is 3.62. The number of rotatable bonds is 4. The lowest BCUT2D eigenvalue weighted by Gasteiger charge is -2.09. The Hall–Kier alpha value is -1.89. The van der Waals surface area contributed by atoms with E-state index in [2.05, 4.69) is 20.8 Å². The second-order valence-corrected chi connectivity index (χ2v) is 5.39. The molecule has 0 saturated carbocycles. The predicted molar refractivity (Wildman–Crippen MR) is 73.3 cm³/mol. The molecule has 19 heavy (non-hydrogen) atoms. The fraction of sp³-hybridized carbons (Fsp3) is 0.333. The van der Waals surface area contributed by atoms with Crippen molar-refractivity contribution in [3.63, 3.8) is 0 Å². The van der Waals surface area contributed by atoms with Crippen molar-refractivity contribution in [3.05, 3.63) is 29.8 Å². The summed E-state index contributed by atoms with van der Waals surface area (Å²) in [7, 11) is 1.61. The number of thioether (sulfide) groups is 1. The maximum atomic E-state index is 11.5. The molecule has 0 unspecified atom stereocenters. The van der Waals surface area contributed by atoms with Gasteiger partial charge >= 0.3 is 0 Å². The number of nitrogens with zero attached hydrogens (tertiary/aromatic N) is 4. The van der Waals surface area contributed by atoms with Crippen LogP contribution in [0.1, 0.15) is 12.5 Å². The van der Waals surface area contributed by atoms with E-state index in [9.17, 15) is 4.79 Å². The number of tetrazole rings is 1. The molecule has 0 aliphatic rings. The van der Waals surface area contributed by atoms with Crippen LogP contribution in [-0.2, 0) is 4.79 Å². The minimum atomic E-state index is -0.250. The topological polar surface area (TPSA) is 72.7 Å². The molecule has 1 heterocycles. The molecule has 2 rings (SSSR count). The zero-order valence-electron chi connectivity index (χ0n) is 11.0. The lowest BCUT2D eigenvalue weighted by molar-refractivity contribution is -0.119. The van der Waals surface area contributed by atoms with E-state index in [1.54, 1.807) is 11.7 Å². The van der Waals surface area contributed by atoms with Gasteiger partial charge in [0.2, 0.25) is 11.1 Å². The van der Waals surface area contributed by atoms with Crippen molar-refractivity contribution in [2.24, 2.45) is 0 Å². The van der Waals surface area contributed by atoms with E-state index in [0.29, 0.717) is 5.16 Å². The highest BCUT2D eigenvalue weighted by Crippen LogP contribution is 2.23. The summed E-state index contributed by atoms with van der Waals surface area (Å²) < 4.78 is 1.64. The van der Waals surface area contributed by atoms with Crippen LogP contribution in [0.15, 0.2) is 29.4 Å². The van der Waals surface area contributed by atoms with Gasteiger partial charge in [-0.1, -0.05) is 23.9 Å². The van der Waals surface area contributed by atoms with Crippen molar-refractivity contribution in [1.82, 2.24) is 25.5 Å². The highest BCUT2D eigenvalue weighted by molar-refractivity contribution is 8.00. The molecule has 2 aromatic rings. The normalized spacial score (nSPS) is 12.2. The third-order valence-electron chi connectivity index (χ3n) is 2.58. The maximum absolute atomic E-state index is 11.5. The number of aromatic nitrogens is 4. The van der Waals surface area contributed by atoms with Crippen molar-refractivity contribution < 1.29 is 4.79 Å². The summed E-state index contributed by atoms with van der Waals surface area (Å²) in [5.74, 6) is -0.0520. The summed E-state index contributed by atoms with van der Waals surface area (Å²) >= 11 is 1.33. The van der Waals surface area contributed by atoms with E-state index < -0.39 is 0 Å². The highest BCUT2D eigenvalue weighted by Gasteiger charge is 2.17. The molecule has 1 aromatic heterocycles. The molecule has 0 aliphatic heterocycles. The number of aryl methyl sites for hydroxylation is 1. The number of hydrogen-bond acceptors (Lipinski definition) is 5. The number of nitrogens with one attached hydrogen (secondary N) is 1.